The van der Waals surface area contributed by atoms with Gasteiger partial charge in [0.05, 0.1) is 23.5 Å². The van der Waals surface area contributed by atoms with Gasteiger partial charge in [-0.25, -0.2) is 0 Å². The van der Waals surface area contributed by atoms with Crippen LogP contribution in [0, 0.1) is 6.92 Å². The van der Waals surface area contributed by atoms with Crippen molar-refractivity contribution in [2.24, 2.45) is 7.05 Å². The molecule has 1 fully saturated rings. The quantitative estimate of drug-likeness (QED) is 0.920. The minimum atomic E-state index is -4.34. The predicted octanol–water partition coefficient (Wildman–Crippen LogP) is 2.64. The lowest BCUT2D eigenvalue weighted by Crippen LogP contribution is -2.38. The number of alkyl halides is 3. The first-order chi connectivity index (χ1) is 11.8. The molecule has 1 aromatic heterocycles. The number of aromatic nitrogens is 2. The summed E-state index contributed by atoms with van der Waals surface area (Å²) in [7, 11) is 1.78. The molecule has 1 atom stereocenters. The molecule has 1 aromatic carbocycles. The molecule has 134 valence electrons. The van der Waals surface area contributed by atoms with Crippen LogP contribution in [0.5, 0.6) is 0 Å². The molecule has 25 heavy (non-hydrogen) atoms. The minimum Gasteiger partial charge on any atom is -0.308 e. The molecule has 1 amide bonds. The van der Waals surface area contributed by atoms with Crippen molar-refractivity contribution >= 4 is 11.6 Å². The van der Waals surface area contributed by atoms with Crippen LogP contribution in [0.1, 0.15) is 23.1 Å². The fourth-order valence-corrected chi connectivity index (χ4v) is 2.98. The molecule has 0 saturated carbocycles. The van der Waals surface area contributed by atoms with Gasteiger partial charge in [-0.1, -0.05) is 6.07 Å². The number of benzene rings is 1. The molecule has 8 heteroatoms. The average molecular weight is 352 g/mol. The van der Waals surface area contributed by atoms with Crippen molar-refractivity contribution in [2.75, 3.05) is 11.4 Å². The van der Waals surface area contributed by atoms with E-state index in [0.717, 1.165) is 23.4 Å². The van der Waals surface area contributed by atoms with Crippen molar-refractivity contribution in [3.63, 3.8) is 0 Å². The zero-order valence-corrected chi connectivity index (χ0v) is 14.0. The third-order valence-corrected chi connectivity index (χ3v) is 4.42. The highest BCUT2D eigenvalue weighted by molar-refractivity contribution is 5.99. The first-order valence-electron chi connectivity index (χ1n) is 7.96. The maximum absolute atomic E-state index is 12.7. The number of halogens is 3. The monoisotopic (exact) mass is 352 g/mol. The van der Waals surface area contributed by atoms with Crippen molar-refractivity contribution in [3.05, 3.63) is 47.3 Å². The Morgan fingerprint density at radius 3 is 2.72 bits per heavy atom. The van der Waals surface area contributed by atoms with Crippen LogP contribution in [0.15, 0.2) is 30.6 Å². The maximum atomic E-state index is 12.7. The van der Waals surface area contributed by atoms with E-state index in [4.69, 9.17) is 0 Å². The predicted molar refractivity (Wildman–Crippen MR) is 87.0 cm³/mol. The van der Waals surface area contributed by atoms with E-state index in [1.807, 2.05) is 0 Å². The lowest BCUT2D eigenvalue weighted by Gasteiger charge is -2.16. The van der Waals surface area contributed by atoms with E-state index in [1.165, 1.54) is 6.07 Å². The van der Waals surface area contributed by atoms with Crippen molar-refractivity contribution in [1.29, 1.82) is 0 Å². The van der Waals surface area contributed by atoms with E-state index in [-0.39, 0.29) is 11.9 Å². The average Bonchev–Trinajstić information content (AvgIpc) is 3.11. The molecule has 1 N–H and O–H groups in total. The van der Waals surface area contributed by atoms with Crippen molar-refractivity contribution in [3.8, 4) is 0 Å². The highest BCUT2D eigenvalue weighted by atomic mass is 19.4. The second-order valence-corrected chi connectivity index (χ2v) is 6.22. The zero-order valence-electron chi connectivity index (χ0n) is 14.0. The lowest BCUT2D eigenvalue weighted by molar-refractivity contribution is -0.137. The number of rotatable bonds is 4. The highest BCUT2D eigenvalue weighted by Crippen LogP contribution is 2.30. The Morgan fingerprint density at radius 2 is 2.12 bits per heavy atom. The van der Waals surface area contributed by atoms with Crippen LogP contribution in [0.4, 0.5) is 18.9 Å². The topological polar surface area (TPSA) is 50.2 Å². The summed E-state index contributed by atoms with van der Waals surface area (Å²) < 4.78 is 39.8. The van der Waals surface area contributed by atoms with Crippen molar-refractivity contribution in [2.45, 2.75) is 32.1 Å². The molecule has 1 saturated heterocycles. The molecule has 0 aliphatic carbocycles. The van der Waals surface area contributed by atoms with Crippen LogP contribution in [-0.2, 0) is 24.6 Å². The number of hydrogen-bond donors (Lipinski definition) is 1. The zero-order chi connectivity index (χ0) is 18.2. The van der Waals surface area contributed by atoms with Gasteiger partial charge in [-0.05, 0) is 36.6 Å². The largest absolute Gasteiger partial charge is 0.416 e. The SMILES string of the molecule is Cc1cc(C(F)(F)F)ccc1CNC1CCN(c2cnn(C)c2)C1=O. The van der Waals surface area contributed by atoms with Gasteiger partial charge in [0.2, 0.25) is 5.91 Å². The maximum Gasteiger partial charge on any atom is 0.416 e. The van der Waals surface area contributed by atoms with Gasteiger partial charge in [-0.2, -0.15) is 18.3 Å². The first kappa shape index (κ1) is 17.5. The summed E-state index contributed by atoms with van der Waals surface area (Å²) in [5.74, 6) is -0.0439. The molecule has 0 radical (unpaired) electrons. The Labute approximate surface area is 143 Å². The number of anilines is 1. The second kappa shape index (κ2) is 6.51. The van der Waals surface area contributed by atoms with Gasteiger partial charge >= 0.3 is 6.18 Å². The van der Waals surface area contributed by atoms with Gasteiger partial charge in [-0.3, -0.25) is 9.48 Å². The van der Waals surface area contributed by atoms with Crippen LogP contribution in [0.3, 0.4) is 0 Å². The fraction of sp³-hybridized carbons (Fsp3) is 0.412. The Morgan fingerprint density at radius 1 is 1.36 bits per heavy atom. The van der Waals surface area contributed by atoms with Crippen LogP contribution in [-0.4, -0.2) is 28.3 Å². The van der Waals surface area contributed by atoms with Crippen LogP contribution in [0.25, 0.3) is 0 Å². The Bertz CT molecular complexity index is 784. The molecule has 1 unspecified atom stereocenters. The van der Waals surface area contributed by atoms with Crippen molar-refractivity contribution in [1.82, 2.24) is 15.1 Å². The molecule has 1 aliphatic rings. The van der Waals surface area contributed by atoms with Crippen LogP contribution >= 0.6 is 0 Å². The normalized spacial score (nSPS) is 18.2. The standard InChI is InChI=1S/C17H19F3N4O/c1-11-7-13(17(18,19)20)4-3-12(11)8-21-15-5-6-24(16(15)25)14-9-22-23(2)10-14/h3-4,7,9-10,15,21H,5-6,8H2,1-2H3. The third kappa shape index (κ3) is 3.68. The lowest BCUT2D eigenvalue weighted by atomic mass is 10.0. The number of carbonyl (C=O) groups excluding carboxylic acids is 1. The smallest absolute Gasteiger partial charge is 0.308 e. The molecule has 2 aromatic rings. The van der Waals surface area contributed by atoms with Gasteiger partial charge in [0.1, 0.15) is 0 Å². The first-order valence-corrected chi connectivity index (χ1v) is 7.96. The molecule has 0 spiro atoms. The number of nitrogens with one attached hydrogen (secondary N) is 1. The summed E-state index contributed by atoms with van der Waals surface area (Å²) in [6.07, 6.45) is -0.281. The molecule has 0 bridgehead atoms. The van der Waals surface area contributed by atoms with E-state index in [0.29, 0.717) is 25.1 Å². The van der Waals surface area contributed by atoms with Crippen LogP contribution in [0.2, 0.25) is 0 Å². The van der Waals surface area contributed by atoms with Gasteiger partial charge < -0.3 is 10.2 Å². The highest BCUT2D eigenvalue weighted by Gasteiger charge is 2.33. The van der Waals surface area contributed by atoms with E-state index >= 15 is 0 Å². The summed E-state index contributed by atoms with van der Waals surface area (Å²) in [5, 5.41) is 7.22. The molecule has 2 heterocycles. The number of carbonyl (C=O) groups is 1. The minimum absolute atomic E-state index is 0.0439. The van der Waals surface area contributed by atoms with Gasteiger partial charge in [-0.15, -0.1) is 0 Å². The summed E-state index contributed by atoms with van der Waals surface area (Å²) in [6, 6.07) is 3.32. The molecule has 3 rings (SSSR count). The Hall–Kier alpha value is -2.35. The summed E-state index contributed by atoms with van der Waals surface area (Å²) in [6.45, 7) is 2.58. The summed E-state index contributed by atoms with van der Waals surface area (Å²) >= 11 is 0. The number of nitrogens with zero attached hydrogens (tertiary/aromatic N) is 3. The van der Waals surface area contributed by atoms with Gasteiger partial charge in [0.15, 0.2) is 0 Å². The summed E-state index contributed by atoms with van der Waals surface area (Å²) in [5.41, 5.74) is 1.40. The number of aryl methyl sites for hydroxylation is 2. The Balaban J connectivity index is 1.64. The molecule has 5 nitrogen and oxygen atoms in total. The van der Waals surface area contributed by atoms with E-state index in [9.17, 15) is 18.0 Å². The molecule has 1 aliphatic heterocycles. The van der Waals surface area contributed by atoms with E-state index < -0.39 is 11.7 Å². The number of hydrogen-bond acceptors (Lipinski definition) is 3. The third-order valence-electron chi connectivity index (χ3n) is 4.42. The van der Waals surface area contributed by atoms with Crippen LogP contribution < -0.4 is 10.2 Å². The second-order valence-electron chi connectivity index (χ2n) is 6.22. The summed E-state index contributed by atoms with van der Waals surface area (Å²) in [4.78, 5) is 14.2. The van der Waals surface area contributed by atoms with Gasteiger partial charge in [0.25, 0.3) is 0 Å². The number of amides is 1. The van der Waals surface area contributed by atoms with E-state index in [2.05, 4.69) is 10.4 Å². The fourth-order valence-electron chi connectivity index (χ4n) is 2.98. The molecular formula is C17H19F3N4O. The molecular weight excluding hydrogens is 333 g/mol. The Kier molecular flexibility index (Phi) is 4.55. The van der Waals surface area contributed by atoms with E-state index in [1.54, 1.807) is 35.9 Å². The van der Waals surface area contributed by atoms with Gasteiger partial charge in [0, 0.05) is 26.3 Å². The van der Waals surface area contributed by atoms with Crippen molar-refractivity contribution < 1.29 is 18.0 Å².